The lowest BCUT2D eigenvalue weighted by atomic mass is 10.2. The summed E-state index contributed by atoms with van der Waals surface area (Å²) in [5.74, 6) is -0.335. The van der Waals surface area contributed by atoms with Gasteiger partial charge in [0.25, 0.3) is 0 Å². The van der Waals surface area contributed by atoms with E-state index >= 15 is 0 Å². The second kappa shape index (κ2) is 10.5. The van der Waals surface area contributed by atoms with Gasteiger partial charge in [0.2, 0.25) is 0 Å². The number of H-pyrrole nitrogens is 1. The third-order valence-corrected chi connectivity index (χ3v) is 3.93. The standard InChI is InChI=1S/C14H24N2O5S/c1-4-21-13(17)9-11-12(22-14(18)15-11)10-16(5-7-19-2)6-8-20-3/h4-10H2,1-3H3,(H,15,18). The summed E-state index contributed by atoms with van der Waals surface area (Å²) in [4.78, 5) is 28.8. The zero-order valence-corrected chi connectivity index (χ0v) is 14.2. The van der Waals surface area contributed by atoms with Crippen LogP contribution in [0.1, 0.15) is 17.5 Å². The minimum Gasteiger partial charge on any atom is -0.466 e. The van der Waals surface area contributed by atoms with Gasteiger partial charge < -0.3 is 19.2 Å². The highest BCUT2D eigenvalue weighted by atomic mass is 32.1. The number of hydrogen-bond donors (Lipinski definition) is 1. The summed E-state index contributed by atoms with van der Waals surface area (Å²) in [5.41, 5.74) is 0.633. The first kappa shape index (κ1) is 18.8. The smallest absolute Gasteiger partial charge is 0.311 e. The van der Waals surface area contributed by atoms with Gasteiger partial charge in [-0.3, -0.25) is 14.5 Å². The molecule has 7 nitrogen and oxygen atoms in total. The highest BCUT2D eigenvalue weighted by molar-refractivity contribution is 7.09. The van der Waals surface area contributed by atoms with E-state index in [-0.39, 0.29) is 17.3 Å². The number of carbonyl (C=O) groups excluding carboxylic acids is 1. The van der Waals surface area contributed by atoms with Crippen molar-refractivity contribution >= 4 is 17.3 Å². The summed E-state index contributed by atoms with van der Waals surface area (Å²) in [6.07, 6.45) is 0.0876. The molecule has 1 N–H and O–H groups in total. The second-order valence-corrected chi connectivity index (χ2v) is 5.73. The number of rotatable bonds is 11. The van der Waals surface area contributed by atoms with E-state index in [2.05, 4.69) is 9.88 Å². The molecule has 1 aromatic rings. The van der Waals surface area contributed by atoms with Crippen LogP contribution in [0, 0.1) is 0 Å². The van der Waals surface area contributed by atoms with Crippen molar-refractivity contribution in [2.75, 3.05) is 47.1 Å². The third-order valence-electron chi connectivity index (χ3n) is 3.02. The number of hydrogen-bond acceptors (Lipinski definition) is 7. The molecule has 0 spiro atoms. The second-order valence-electron chi connectivity index (χ2n) is 4.66. The van der Waals surface area contributed by atoms with E-state index < -0.39 is 0 Å². The Morgan fingerprint density at radius 3 is 2.41 bits per heavy atom. The monoisotopic (exact) mass is 332 g/mol. The average Bonchev–Trinajstić information content (AvgIpc) is 2.81. The number of ether oxygens (including phenoxy) is 3. The van der Waals surface area contributed by atoms with Crippen LogP contribution in [0.4, 0.5) is 0 Å². The van der Waals surface area contributed by atoms with E-state index in [1.807, 2.05) is 0 Å². The minimum absolute atomic E-state index is 0.0876. The maximum Gasteiger partial charge on any atom is 0.311 e. The lowest BCUT2D eigenvalue weighted by Crippen LogP contribution is -2.30. The van der Waals surface area contributed by atoms with E-state index in [0.29, 0.717) is 32.1 Å². The summed E-state index contributed by atoms with van der Waals surface area (Å²) < 4.78 is 15.1. The number of nitrogens with one attached hydrogen (secondary N) is 1. The van der Waals surface area contributed by atoms with Crippen LogP contribution in [0.3, 0.4) is 0 Å². The predicted molar refractivity (Wildman–Crippen MR) is 84.3 cm³/mol. The molecule has 0 aliphatic heterocycles. The van der Waals surface area contributed by atoms with E-state index in [0.717, 1.165) is 29.3 Å². The Balaban J connectivity index is 2.75. The highest BCUT2D eigenvalue weighted by Gasteiger charge is 2.16. The molecule has 0 unspecified atom stereocenters. The van der Waals surface area contributed by atoms with E-state index in [1.165, 1.54) is 0 Å². The minimum atomic E-state index is -0.335. The van der Waals surface area contributed by atoms with Gasteiger partial charge in [0.05, 0.1) is 26.2 Å². The van der Waals surface area contributed by atoms with Gasteiger partial charge >= 0.3 is 10.8 Å². The third kappa shape index (κ3) is 6.69. The van der Waals surface area contributed by atoms with Crippen LogP contribution in [0.25, 0.3) is 0 Å². The van der Waals surface area contributed by atoms with Crippen LogP contribution < -0.4 is 4.87 Å². The fourth-order valence-corrected chi connectivity index (χ4v) is 2.82. The van der Waals surface area contributed by atoms with Gasteiger partial charge in [0.15, 0.2) is 0 Å². The maximum atomic E-state index is 11.6. The maximum absolute atomic E-state index is 11.6. The molecular weight excluding hydrogens is 308 g/mol. The number of carbonyl (C=O) groups is 1. The van der Waals surface area contributed by atoms with E-state index in [4.69, 9.17) is 14.2 Å². The van der Waals surface area contributed by atoms with E-state index in [1.54, 1.807) is 21.1 Å². The van der Waals surface area contributed by atoms with Crippen LogP contribution in [-0.2, 0) is 32.0 Å². The molecule has 0 bridgehead atoms. The van der Waals surface area contributed by atoms with Gasteiger partial charge in [-0.1, -0.05) is 11.3 Å². The molecule has 0 aliphatic rings. The molecule has 0 saturated heterocycles. The molecule has 1 rings (SSSR count). The van der Waals surface area contributed by atoms with Crippen LogP contribution in [0.5, 0.6) is 0 Å². The highest BCUT2D eigenvalue weighted by Crippen LogP contribution is 2.14. The van der Waals surface area contributed by atoms with Crippen molar-refractivity contribution in [1.29, 1.82) is 0 Å². The van der Waals surface area contributed by atoms with Crippen LogP contribution in [0.2, 0.25) is 0 Å². The molecule has 0 fully saturated rings. The Morgan fingerprint density at radius 2 is 1.86 bits per heavy atom. The van der Waals surface area contributed by atoms with Crippen molar-refractivity contribution in [2.24, 2.45) is 0 Å². The number of aromatic amines is 1. The van der Waals surface area contributed by atoms with Crippen molar-refractivity contribution in [1.82, 2.24) is 9.88 Å². The zero-order valence-electron chi connectivity index (χ0n) is 13.3. The van der Waals surface area contributed by atoms with E-state index in [9.17, 15) is 9.59 Å². The van der Waals surface area contributed by atoms with Gasteiger partial charge in [-0.25, -0.2) is 0 Å². The first-order valence-corrected chi connectivity index (χ1v) is 7.99. The largest absolute Gasteiger partial charge is 0.466 e. The lowest BCUT2D eigenvalue weighted by molar-refractivity contribution is -0.142. The van der Waals surface area contributed by atoms with Gasteiger partial charge in [-0.15, -0.1) is 0 Å². The summed E-state index contributed by atoms with van der Waals surface area (Å²) >= 11 is 1.13. The number of thiazole rings is 1. The molecular formula is C14H24N2O5S. The van der Waals surface area contributed by atoms with Crippen LogP contribution >= 0.6 is 11.3 Å². The molecule has 0 aliphatic carbocycles. The Bertz CT molecular complexity index is 492. The number of aromatic nitrogens is 1. The Morgan fingerprint density at radius 1 is 1.23 bits per heavy atom. The predicted octanol–water partition coefficient (Wildman–Crippen LogP) is 0.637. The molecule has 8 heteroatoms. The first-order valence-electron chi connectivity index (χ1n) is 7.17. The van der Waals surface area contributed by atoms with Crippen molar-refractivity contribution in [3.05, 3.63) is 20.2 Å². The van der Waals surface area contributed by atoms with Gasteiger partial charge in [0.1, 0.15) is 0 Å². The Labute approximate surface area is 134 Å². The topological polar surface area (TPSA) is 80.9 Å². The fourth-order valence-electron chi connectivity index (χ4n) is 1.93. The van der Waals surface area contributed by atoms with Crippen molar-refractivity contribution in [2.45, 2.75) is 19.9 Å². The molecule has 0 aromatic carbocycles. The molecule has 0 saturated carbocycles. The summed E-state index contributed by atoms with van der Waals surface area (Å²) in [5, 5.41) is 0. The summed E-state index contributed by atoms with van der Waals surface area (Å²) in [6, 6.07) is 0. The fraction of sp³-hybridized carbons (Fsp3) is 0.714. The summed E-state index contributed by atoms with van der Waals surface area (Å²) in [7, 11) is 3.30. The number of methoxy groups -OCH3 is 2. The molecule has 22 heavy (non-hydrogen) atoms. The van der Waals surface area contributed by atoms with Crippen LogP contribution in [0.15, 0.2) is 4.79 Å². The van der Waals surface area contributed by atoms with Gasteiger partial charge in [0, 0.05) is 44.4 Å². The molecule has 0 radical (unpaired) electrons. The molecule has 126 valence electrons. The van der Waals surface area contributed by atoms with Crippen molar-refractivity contribution < 1.29 is 19.0 Å². The number of nitrogens with zero attached hydrogens (tertiary/aromatic N) is 1. The van der Waals surface area contributed by atoms with Gasteiger partial charge in [-0.2, -0.15) is 0 Å². The van der Waals surface area contributed by atoms with Crippen molar-refractivity contribution in [3.8, 4) is 0 Å². The SMILES string of the molecule is CCOC(=O)Cc1[nH]c(=O)sc1CN(CCOC)CCOC. The molecule has 0 atom stereocenters. The Kier molecular flexibility index (Phi) is 8.98. The van der Waals surface area contributed by atoms with Crippen molar-refractivity contribution in [3.63, 3.8) is 0 Å². The quantitative estimate of drug-likeness (QED) is 0.599. The summed E-state index contributed by atoms with van der Waals surface area (Å²) in [6.45, 7) is 5.30. The normalized spacial score (nSPS) is 11.1. The van der Waals surface area contributed by atoms with Gasteiger partial charge in [-0.05, 0) is 6.92 Å². The molecule has 1 heterocycles. The first-order chi connectivity index (χ1) is 10.6. The number of esters is 1. The molecule has 1 aromatic heterocycles. The van der Waals surface area contributed by atoms with Crippen LogP contribution in [-0.4, -0.2) is 63.0 Å². The molecule has 0 amide bonds. The Hall–Kier alpha value is -1.22. The average molecular weight is 332 g/mol. The lowest BCUT2D eigenvalue weighted by Gasteiger charge is -2.21. The zero-order chi connectivity index (χ0) is 16.4.